The fraction of sp³-hybridized carbons (Fsp3) is 0.161. The monoisotopic (exact) mass is 629 g/mol. The van der Waals surface area contributed by atoms with Crippen LogP contribution in [0.2, 0.25) is 0 Å². The first-order chi connectivity index (χ1) is 21.5. The van der Waals surface area contributed by atoms with E-state index in [-0.39, 0.29) is 28.8 Å². The van der Waals surface area contributed by atoms with Crippen LogP contribution in [0.5, 0.6) is 0 Å². The van der Waals surface area contributed by atoms with Crippen molar-refractivity contribution in [3.05, 3.63) is 119 Å². The molecular weight excluding hydrogens is 603 g/mol. The van der Waals surface area contributed by atoms with E-state index in [1.807, 2.05) is 60.7 Å². The molecule has 0 radical (unpaired) electrons. The normalized spacial score (nSPS) is 17.7. The molecule has 1 unspecified atom stereocenters. The van der Waals surface area contributed by atoms with Gasteiger partial charge in [0.15, 0.2) is 16.9 Å². The number of amides is 3. The average molecular weight is 630 g/mol. The van der Waals surface area contributed by atoms with Gasteiger partial charge in [-0.2, -0.15) is 0 Å². The minimum Gasteiger partial charge on any atom is -0.448 e. The molecule has 11 nitrogen and oxygen atoms in total. The summed E-state index contributed by atoms with van der Waals surface area (Å²) < 4.78 is 6.07. The number of thioether (sulfide) groups is 1. The molecule has 0 saturated carbocycles. The molecule has 2 aromatic carbocycles. The highest BCUT2D eigenvalue weighted by Gasteiger charge is 2.54. The molecule has 13 heteroatoms. The van der Waals surface area contributed by atoms with Crippen LogP contribution >= 0.6 is 23.1 Å². The topological polar surface area (TPSA) is 139 Å². The van der Waals surface area contributed by atoms with E-state index in [2.05, 4.69) is 33.9 Å². The Morgan fingerprint density at radius 2 is 1.80 bits per heavy atom. The van der Waals surface area contributed by atoms with Crippen LogP contribution in [0.25, 0.3) is 0 Å². The second kappa shape index (κ2) is 14.0. The van der Waals surface area contributed by atoms with Gasteiger partial charge in [-0.25, -0.2) is 9.78 Å². The van der Waals surface area contributed by atoms with Crippen molar-refractivity contribution in [2.45, 2.75) is 17.5 Å². The number of anilines is 1. The number of hydrogen-bond acceptors (Lipinski definition) is 10. The Labute approximate surface area is 261 Å². The van der Waals surface area contributed by atoms with Crippen LogP contribution in [0.3, 0.4) is 0 Å². The van der Waals surface area contributed by atoms with Crippen molar-refractivity contribution < 1.29 is 28.8 Å². The molecule has 2 aliphatic heterocycles. The number of aromatic nitrogens is 1. The van der Waals surface area contributed by atoms with Crippen molar-refractivity contribution in [3.63, 3.8) is 0 Å². The van der Waals surface area contributed by atoms with E-state index in [1.54, 1.807) is 0 Å². The van der Waals surface area contributed by atoms with E-state index in [1.165, 1.54) is 34.2 Å². The Morgan fingerprint density at radius 1 is 1.11 bits per heavy atom. The molecule has 1 saturated heterocycles. The predicted octanol–water partition coefficient (Wildman–Crippen LogP) is 3.79. The number of hydrogen-bond donors (Lipinski definition) is 2. The lowest BCUT2D eigenvalue weighted by Gasteiger charge is -2.49. The van der Waals surface area contributed by atoms with E-state index >= 15 is 0 Å². The highest BCUT2D eigenvalue weighted by molar-refractivity contribution is 8.00. The van der Waals surface area contributed by atoms with Gasteiger partial charge in [0.2, 0.25) is 6.41 Å². The molecule has 2 N–H and O–H groups in total. The zero-order valence-corrected chi connectivity index (χ0v) is 24.9. The Balaban J connectivity index is 1.36. The predicted molar refractivity (Wildman–Crippen MR) is 168 cm³/mol. The molecule has 3 amide bonds. The molecule has 5 rings (SSSR count). The molecule has 1 aromatic heterocycles. The lowest BCUT2D eigenvalue weighted by Crippen LogP contribution is -2.71. The number of allylic oxidation sites excluding steroid dienone is 1. The molecule has 0 spiro atoms. The minimum absolute atomic E-state index is 0.0303. The van der Waals surface area contributed by atoms with Crippen LogP contribution in [0.4, 0.5) is 5.13 Å². The first-order valence-electron chi connectivity index (χ1n) is 13.4. The van der Waals surface area contributed by atoms with E-state index < -0.39 is 35.3 Å². The smallest absolute Gasteiger partial charge is 0.356 e. The van der Waals surface area contributed by atoms with E-state index in [0.29, 0.717) is 17.7 Å². The first kappa shape index (κ1) is 30.4. The molecule has 3 heterocycles. The standard InChI is InChI=1S/C31H27N5O6S2/c1-3-15-41-35-23(22-17-44-31(33-22)32-18-37)27(38)34-24-28(39)36-25(19(4-2)16-43-29(24)36)30(40)42-26(20-11-7-5-8-12-20)21-13-9-6-10-14-21/h3-14,17-18,24,26,29H,1-2,15-16H2,(H,34,38)(H,32,33,37)/b35-23+/t24?,29-/m1/s1. The van der Waals surface area contributed by atoms with Gasteiger partial charge >= 0.3 is 5.97 Å². The van der Waals surface area contributed by atoms with Gasteiger partial charge in [-0.1, -0.05) is 91.1 Å². The molecule has 0 aliphatic carbocycles. The van der Waals surface area contributed by atoms with Gasteiger partial charge in [-0.05, 0) is 16.7 Å². The van der Waals surface area contributed by atoms with Crippen molar-refractivity contribution in [2.75, 3.05) is 17.7 Å². The number of esters is 1. The lowest BCUT2D eigenvalue weighted by molar-refractivity contribution is -0.154. The number of fused-ring (bicyclic) bond motifs is 1. The number of thiazole rings is 1. The number of benzene rings is 2. The van der Waals surface area contributed by atoms with E-state index in [0.717, 1.165) is 22.5 Å². The van der Waals surface area contributed by atoms with Crippen LogP contribution in [0, 0.1) is 0 Å². The van der Waals surface area contributed by atoms with Gasteiger partial charge < -0.3 is 20.2 Å². The van der Waals surface area contributed by atoms with Gasteiger partial charge in [-0.3, -0.25) is 19.3 Å². The summed E-state index contributed by atoms with van der Waals surface area (Å²) in [6, 6.07) is 17.7. The maximum absolute atomic E-state index is 13.8. The van der Waals surface area contributed by atoms with Crippen LogP contribution < -0.4 is 10.6 Å². The van der Waals surface area contributed by atoms with Crippen molar-refractivity contribution in [1.29, 1.82) is 0 Å². The quantitative estimate of drug-likeness (QED) is 0.0554. The molecule has 224 valence electrons. The van der Waals surface area contributed by atoms with E-state index in [4.69, 9.17) is 9.57 Å². The van der Waals surface area contributed by atoms with Crippen molar-refractivity contribution in [2.24, 2.45) is 5.16 Å². The summed E-state index contributed by atoms with van der Waals surface area (Å²) in [4.78, 5) is 62.1. The summed E-state index contributed by atoms with van der Waals surface area (Å²) in [6.45, 7) is 7.43. The van der Waals surface area contributed by atoms with Gasteiger partial charge in [-0.15, -0.1) is 23.1 Å². The highest BCUT2D eigenvalue weighted by Crippen LogP contribution is 2.42. The third kappa shape index (κ3) is 6.33. The van der Waals surface area contributed by atoms with Gasteiger partial charge in [0.05, 0.1) is 0 Å². The number of carbonyl (C=O) groups is 4. The largest absolute Gasteiger partial charge is 0.448 e. The molecule has 2 atom stereocenters. The number of oxime groups is 1. The van der Waals surface area contributed by atoms with Gasteiger partial charge in [0.25, 0.3) is 11.8 Å². The lowest BCUT2D eigenvalue weighted by atomic mass is 10.0. The summed E-state index contributed by atoms with van der Waals surface area (Å²) >= 11 is 2.47. The number of ether oxygens (including phenoxy) is 1. The van der Waals surface area contributed by atoms with Crippen molar-refractivity contribution in [3.8, 4) is 0 Å². The van der Waals surface area contributed by atoms with Crippen molar-refractivity contribution >= 4 is 58.1 Å². The maximum Gasteiger partial charge on any atom is 0.356 e. The zero-order valence-electron chi connectivity index (χ0n) is 23.3. The number of rotatable bonds is 13. The fourth-order valence-electron chi connectivity index (χ4n) is 4.60. The average Bonchev–Trinajstić information content (AvgIpc) is 3.52. The summed E-state index contributed by atoms with van der Waals surface area (Å²) in [5, 5.41) is 10.2. The number of nitrogens with one attached hydrogen (secondary N) is 2. The molecule has 1 fully saturated rings. The summed E-state index contributed by atoms with van der Waals surface area (Å²) in [5.74, 6) is -1.53. The number of β-lactam (4-membered cyclic amide) rings is 1. The Hall–Kier alpha value is -5.01. The zero-order chi connectivity index (χ0) is 31.1. The minimum atomic E-state index is -0.962. The molecule has 3 aromatic rings. The number of carbonyl (C=O) groups excluding carboxylic acids is 4. The molecule has 44 heavy (non-hydrogen) atoms. The summed E-state index contributed by atoms with van der Waals surface area (Å²) in [6.07, 6.45) is 2.74. The third-order valence-corrected chi connectivity index (χ3v) is 8.72. The highest BCUT2D eigenvalue weighted by atomic mass is 32.2. The summed E-state index contributed by atoms with van der Waals surface area (Å²) in [5.41, 5.74) is 2.13. The van der Waals surface area contributed by atoms with Crippen LogP contribution in [-0.4, -0.2) is 63.6 Å². The molecular formula is C31H27N5O6S2. The SMILES string of the molecule is C=CCO/N=C(/C(=O)NC1C(=O)N2C(C(=O)OC(c3ccccc3)c3ccccc3)=C(C=C)CS[C@H]12)c1csc(NC=O)n1. The van der Waals surface area contributed by atoms with Gasteiger partial charge in [0, 0.05) is 11.1 Å². The molecule has 2 aliphatic rings. The Morgan fingerprint density at radius 3 is 2.41 bits per heavy atom. The number of nitrogens with zero attached hydrogens (tertiary/aromatic N) is 3. The molecule has 0 bridgehead atoms. The Kier molecular flexibility index (Phi) is 9.67. The van der Waals surface area contributed by atoms with E-state index in [9.17, 15) is 19.2 Å². The van der Waals surface area contributed by atoms with Crippen LogP contribution in [-0.2, 0) is 28.8 Å². The van der Waals surface area contributed by atoms with Crippen LogP contribution in [0.1, 0.15) is 22.9 Å². The second-order valence-corrected chi connectivity index (χ2v) is 11.3. The fourth-order valence-corrected chi connectivity index (χ4v) is 6.60. The Bertz CT molecular complexity index is 1600. The first-order valence-corrected chi connectivity index (χ1v) is 15.3. The van der Waals surface area contributed by atoms with Crippen LogP contribution in [0.15, 0.2) is 108 Å². The van der Waals surface area contributed by atoms with Gasteiger partial charge in [0.1, 0.15) is 29.4 Å². The summed E-state index contributed by atoms with van der Waals surface area (Å²) in [7, 11) is 0. The second-order valence-electron chi connectivity index (χ2n) is 9.37. The third-order valence-electron chi connectivity index (χ3n) is 6.65. The maximum atomic E-state index is 13.8. The van der Waals surface area contributed by atoms with Crippen molar-refractivity contribution in [1.82, 2.24) is 15.2 Å².